The molecule has 0 fully saturated rings. The van der Waals surface area contributed by atoms with Crippen LogP contribution in [0.15, 0.2) is 29.4 Å². The molecule has 0 heterocycles. The van der Waals surface area contributed by atoms with Crippen LogP contribution in [-0.4, -0.2) is 17.5 Å². The van der Waals surface area contributed by atoms with E-state index >= 15 is 0 Å². The highest BCUT2D eigenvalue weighted by atomic mass is 19.1. The summed E-state index contributed by atoms with van der Waals surface area (Å²) >= 11 is 0. The van der Waals surface area contributed by atoms with Crippen molar-refractivity contribution in [2.24, 2.45) is 10.8 Å². The highest BCUT2D eigenvalue weighted by molar-refractivity contribution is 6.34. The van der Waals surface area contributed by atoms with Crippen molar-refractivity contribution in [2.75, 3.05) is 0 Å². The van der Waals surface area contributed by atoms with Crippen molar-refractivity contribution in [1.29, 1.82) is 0 Å². The Morgan fingerprint density at radius 3 is 2.41 bits per heavy atom. The number of halogens is 1. The SMILES string of the molecule is CC/C(=N\NC(=O)C(N)=O)c1ccc(F)cc1. The van der Waals surface area contributed by atoms with E-state index in [0.29, 0.717) is 17.7 Å². The van der Waals surface area contributed by atoms with Gasteiger partial charge in [-0.15, -0.1) is 0 Å². The molecule has 0 saturated carbocycles. The molecule has 0 atom stereocenters. The van der Waals surface area contributed by atoms with E-state index in [1.165, 1.54) is 24.3 Å². The Balaban J connectivity index is 2.84. The minimum absolute atomic E-state index is 0.356. The van der Waals surface area contributed by atoms with Crippen LogP contribution in [0.1, 0.15) is 18.9 Å². The number of carbonyl (C=O) groups excluding carboxylic acids is 2. The maximum absolute atomic E-state index is 12.7. The lowest BCUT2D eigenvalue weighted by molar-refractivity contribution is -0.137. The largest absolute Gasteiger partial charge is 0.361 e. The van der Waals surface area contributed by atoms with Gasteiger partial charge in [0.1, 0.15) is 5.82 Å². The molecule has 0 bridgehead atoms. The number of nitrogens with one attached hydrogen (secondary N) is 1. The van der Waals surface area contributed by atoms with Crippen molar-refractivity contribution >= 4 is 17.5 Å². The molecule has 1 rings (SSSR count). The van der Waals surface area contributed by atoms with E-state index in [1.807, 2.05) is 12.3 Å². The summed E-state index contributed by atoms with van der Waals surface area (Å²) in [5.41, 5.74) is 7.97. The van der Waals surface area contributed by atoms with Gasteiger partial charge in [0.05, 0.1) is 5.71 Å². The lowest BCUT2D eigenvalue weighted by Crippen LogP contribution is -2.33. The second-order valence-corrected chi connectivity index (χ2v) is 3.22. The number of hydrogen-bond donors (Lipinski definition) is 2. The molecule has 0 spiro atoms. The Morgan fingerprint density at radius 2 is 1.94 bits per heavy atom. The zero-order chi connectivity index (χ0) is 12.8. The highest BCUT2D eigenvalue weighted by Gasteiger charge is 2.08. The van der Waals surface area contributed by atoms with E-state index in [0.717, 1.165) is 0 Å². The van der Waals surface area contributed by atoms with Crippen LogP contribution in [0.25, 0.3) is 0 Å². The van der Waals surface area contributed by atoms with Gasteiger partial charge < -0.3 is 5.73 Å². The van der Waals surface area contributed by atoms with Crippen LogP contribution < -0.4 is 11.2 Å². The van der Waals surface area contributed by atoms with Crippen molar-refractivity contribution in [3.8, 4) is 0 Å². The van der Waals surface area contributed by atoms with Crippen LogP contribution in [0.5, 0.6) is 0 Å². The molecule has 1 aromatic carbocycles. The van der Waals surface area contributed by atoms with E-state index in [2.05, 4.69) is 5.10 Å². The van der Waals surface area contributed by atoms with Gasteiger partial charge in [0, 0.05) is 0 Å². The summed E-state index contributed by atoms with van der Waals surface area (Å²) in [6, 6.07) is 5.65. The predicted molar refractivity (Wildman–Crippen MR) is 60.6 cm³/mol. The molecule has 0 aliphatic rings. The highest BCUT2D eigenvalue weighted by Crippen LogP contribution is 2.06. The minimum atomic E-state index is -1.11. The number of hydrazone groups is 1. The molecule has 0 radical (unpaired) electrons. The zero-order valence-corrected chi connectivity index (χ0v) is 9.24. The van der Waals surface area contributed by atoms with Crippen molar-refractivity contribution in [2.45, 2.75) is 13.3 Å². The summed E-state index contributed by atoms with van der Waals surface area (Å²) < 4.78 is 12.7. The maximum Gasteiger partial charge on any atom is 0.329 e. The first-order valence-electron chi connectivity index (χ1n) is 4.97. The number of carbonyl (C=O) groups is 2. The second-order valence-electron chi connectivity index (χ2n) is 3.22. The van der Waals surface area contributed by atoms with E-state index in [1.54, 1.807) is 0 Å². The van der Waals surface area contributed by atoms with Crippen LogP contribution in [0, 0.1) is 5.82 Å². The third kappa shape index (κ3) is 3.67. The Hall–Kier alpha value is -2.24. The molecule has 0 aliphatic carbocycles. The fraction of sp³-hybridized carbons (Fsp3) is 0.182. The molecule has 6 heteroatoms. The number of benzene rings is 1. The molecule has 5 nitrogen and oxygen atoms in total. The molecule has 2 amide bonds. The topological polar surface area (TPSA) is 84.6 Å². The van der Waals surface area contributed by atoms with Crippen LogP contribution >= 0.6 is 0 Å². The van der Waals surface area contributed by atoms with Crippen LogP contribution in [0.4, 0.5) is 4.39 Å². The number of amides is 2. The first kappa shape index (κ1) is 12.8. The monoisotopic (exact) mass is 237 g/mol. The first-order valence-corrected chi connectivity index (χ1v) is 4.97. The summed E-state index contributed by atoms with van der Waals surface area (Å²) in [5, 5.41) is 3.76. The van der Waals surface area contributed by atoms with Gasteiger partial charge in [0.25, 0.3) is 0 Å². The molecule has 0 unspecified atom stereocenters. The van der Waals surface area contributed by atoms with Gasteiger partial charge >= 0.3 is 11.8 Å². The van der Waals surface area contributed by atoms with Gasteiger partial charge in [-0.05, 0) is 24.1 Å². The summed E-state index contributed by atoms with van der Waals surface area (Å²) in [5.74, 6) is -2.45. The van der Waals surface area contributed by atoms with Gasteiger partial charge in [0.2, 0.25) is 0 Å². The Kier molecular flexibility index (Phi) is 4.33. The molecular weight excluding hydrogens is 225 g/mol. The quantitative estimate of drug-likeness (QED) is 0.457. The molecule has 3 N–H and O–H groups in total. The van der Waals surface area contributed by atoms with Crippen LogP contribution in [0.2, 0.25) is 0 Å². The predicted octanol–water partition coefficient (Wildman–Crippen LogP) is 0.541. The molecule has 1 aromatic rings. The van der Waals surface area contributed by atoms with E-state index < -0.39 is 11.8 Å². The van der Waals surface area contributed by atoms with Gasteiger partial charge in [-0.1, -0.05) is 19.1 Å². The normalized spacial score (nSPS) is 11.1. The lowest BCUT2D eigenvalue weighted by atomic mass is 10.1. The number of nitrogens with zero attached hydrogens (tertiary/aromatic N) is 1. The summed E-state index contributed by atoms with van der Waals surface area (Å²) in [6.45, 7) is 1.82. The van der Waals surface area contributed by atoms with Crippen molar-refractivity contribution in [3.63, 3.8) is 0 Å². The number of hydrogen-bond acceptors (Lipinski definition) is 3. The summed E-state index contributed by atoms with van der Waals surface area (Å²) in [4.78, 5) is 21.4. The summed E-state index contributed by atoms with van der Waals surface area (Å²) in [6.07, 6.45) is 0.519. The maximum atomic E-state index is 12.7. The van der Waals surface area contributed by atoms with E-state index in [-0.39, 0.29) is 5.82 Å². The van der Waals surface area contributed by atoms with Gasteiger partial charge in [-0.25, -0.2) is 9.82 Å². The van der Waals surface area contributed by atoms with Crippen molar-refractivity contribution in [3.05, 3.63) is 35.6 Å². The third-order valence-electron chi connectivity index (χ3n) is 2.03. The van der Waals surface area contributed by atoms with Crippen molar-refractivity contribution < 1.29 is 14.0 Å². The molecule has 0 aliphatic heterocycles. The molecule has 17 heavy (non-hydrogen) atoms. The van der Waals surface area contributed by atoms with Crippen molar-refractivity contribution in [1.82, 2.24) is 5.43 Å². The molecule has 0 aromatic heterocycles. The third-order valence-corrected chi connectivity index (χ3v) is 2.03. The average Bonchev–Trinajstić information content (AvgIpc) is 2.31. The Morgan fingerprint density at radius 1 is 1.35 bits per heavy atom. The minimum Gasteiger partial charge on any atom is -0.361 e. The molecule has 0 saturated heterocycles. The lowest BCUT2D eigenvalue weighted by Gasteiger charge is -2.03. The average molecular weight is 237 g/mol. The smallest absolute Gasteiger partial charge is 0.329 e. The first-order chi connectivity index (χ1) is 8.04. The van der Waals surface area contributed by atoms with Crippen LogP contribution in [0.3, 0.4) is 0 Å². The standard InChI is InChI=1S/C11H12FN3O2/c1-2-9(14-15-11(17)10(13)16)7-3-5-8(12)6-4-7/h3-6H,2H2,1H3,(H2,13,16)(H,15,17)/b14-9+. The number of rotatable bonds is 3. The van der Waals surface area contributed by atoms with Gasteiger partial charge in [-0.2, -0.15) is 5.10 Å². The van der Waals surface area contributed by atoms with Crippen LogP contribution in [-0.2, 0) is 9.59 Å². The van der Waals surface area contributed by atoms with Gasteiger partial charge in [-0.3, -0.25) is 9.59 Å². The fourth-order valence-corrected chi connectivity index (χ4v) is 1.16. The Labute approximate surface area is 97.5 Å². The summed E-state index contributed by atoms with van der Waals surface area (Å²) in [7, 11) is 0. The number of nitrogens with two attached hydrogens (primary N) is 1. The Bertz CT molecular complexity index is 454. The molecule has 90 valence electrons. The van der Waals surface area contributed by atoms with E-state index in [9.17, 15) is 14.0 Å². The number of primary amides is 1. The van der Waals surface area contributed by atoms with E-state index in [4.69, 9.17) is 5.73 Å². The van der Waals surface area contributed by atoms with Gasteiger partial charge in [0.15, 0.2) is 0 Å². The fourth-order valence-electron chi connectivity index (χ4n) is 1.16. The molecular formula is C11H12FN3O2. The zero-order valence-electron chi connectivity index (χ0n) is 9.24. The second kappa shape index (κ2) is 5.74.